The minimum Gasteiger partial charge on any atom is -0.373 e. The van der Waals surface area contributed by atoms with E-state index in [0.717, 1.165) is 11.1 Å². The van der Waals surface area contributed by atoms with Crippen molar-refractivity contribution >= 4 is 56.2 Å². The van der Waals surface area contributed by atoms with Crippen molar-refractivity contribution < 1.29 is 23.9 Å². The van der Waals surface area contributed by atoms with Crippen molar-refractivity contribution in [3.63, 3.8) is 0 Å². The lowest BCUT2D eigenvalue weighted by molar-refractivity contribution is -0.138. The van der Waals surface area contributed by atoms with Gasteiger partial charge in [0.25, 0.3) is 0 Å². The minimum atomic E-state index is -0.823. The van der Waals surface area contributed by atoms with Gasteiger partial charge in [0, 0.05) is 53.8 Å². The number of halogens is 1. The predicted molar refractivity (Wildman–Crippen MR) is 188 cm³/mol. The Hall–Kier alpha value is -4.82. The van der Waals surface area contributed by atoms with Gasteiger partial charge in [-0.05, 0) is 73.3 Å². The zero-order valence-electron chi connectivity index (χ0n) is 28.2. The van der Waals surface area contributed by atoms with Crippen molar-refractivity contribution in [2.75, 3.05) is 18.5 Å². The van der Waals surface area contributed by atoms with Gasteiger partial charge in [0.2, 0.25) is 17.7 Å². The third kappa shape index (κ3) is 6.33. The fourth-order valence-electron chi connectivity index (χ4n) is 6.99. The van der Waals surface area contributed by atoms with Crippen molar-refractivity contribution in [1.82, 2.24) is 34.9 Å². The average molecular weight is 742 g/mol. The highest BCUT2D eigenvalue weighted by Gasteiger charge is 2.67. The highest BCUT2D eigenvalue weighted by atomic mass is 79.9. The zero-order valence-corrected chi connectivity index (χ0v) is 29.8. The molecule has 4 aromatic rings. The number of aryl methyl sites for hydroxylation is 1. The predicted octanol–water partition coefficient (Wildman–Crippen LogP) is 4.39. The van der Waals surface area contributed by atoms with Crippen LogP contribution >= 0.6 is 15.9 Å². The van der Waals surface area contributed by atoms with E-state index in [4.69, 9.17) is 4.74 Å². The summed E-state index contributed by atoms with van der Waals surface area (Å²) >= 11 is 3.40. The molecule has 50 heavy (non-hydrogen) atoms. The summed E-state index contributed by atoms with van der Waals surface area (Å²) in [4.78, 5) is 69.1. The Labute approximate surface area is 297 Å². The topological polar surface area (TPSA) is 161 Å². The number of rotatable bonds is 4. The molecule has 13 nitrogen and oxygen atoms in total. The van der Waals surface area contributed by atoms with E-state index < -0.39 is 16.9 Å². The SMILES string of the molecule is CC(=O)c1nn(CC(=O)N2[C@H]3C[C@@]4(CNC(=O)C(C)(C)C=CCOCc5ccc(Br)nc5NC3=O)C[C@@H]24)c2ccc(-c3cnc(C)nc3)cc12. The molecule has 2 fully saturated rings. The zero-order chi connectivity index (χ0) is 35.4. The molecule has 7 rings (SSSR count). The Kier molecular flexibility index (Phi) is 8.63. The van der Waals surface area contributed by atoms with Crippen LogP contribution in [0.25, 0.3) is 22.0 Å². The molecule has 14 heteroatoms. The van der Waals surface area contributed by atoms with Gasteiger partial charge in [-0.15, -0.1) is 0 Å². The summed E-state index contributed by atoms with van der Waals surface area (Å²) < 4.78 is 7.90. The van der Waals surface area contributed by atoms with E-state index in [-0.39, 0.29) is 55.0 Å². The molecule has 3 aliphatic rings. The number of piperidine rings is 1. The molecule has 0 unspecified atom stereocenters. The van der Waals surface area contributed by atoms with E-state index in [9.17, 15) is 19.2 Å². The number of hydrogen-bond donors (Lipinski definition) is 2. The van der Waals surface area contributed by atoms with Crippen LogP contribution in [0.5, 0.6) is 0 Å². The lowest BCUT2D eigenvalue weighted by Crippen LogP contribution is -2.47. The molecule has 0 radical (unpaired) electrons. The molecule has 2 bridgehead atoms. The van der Waals surface area contributed by atoms with Crippen molar-refractivity contribution in [2.24, 2.45) is 10.8 Å². The maximum Gasteiger partial charge on any atom is 0.248 e. The number of ketones is 1. The Morgan fingerprint density at radius 3 is 2.62 bits per heavy atom. The van der Waals surface area contributed by atoms with Crippen LogP contribution < -0.4 is 10.6 Å². The molecule has 3 atom stereocenters. The molecule has 2 aliphatic heterocycles. The number of carbonyl (C=O) groups is 4. The average Bonchev–Trinajstić information content (AvgIpc) is 3.50. The summed E-state index contributed by atoms with van der Waals surface area (Å²) in [5, 5.41) is 11.2. The van der Waals surface area contributed by atoms with Gasteiger partial charge in [0.1, 0.15) is 34.5 Å². The minimum absolute atomic E-state index is 0.151. The first-order chi connectivity index (χ1) is 23.8. The Morgan fingerprint density at radius 1 is 1.08 bits per heavy atom. The number of nitrogens with zero attached hydrogens (tertiary/aromatic N) is 6. The first-order valence-corrected chi connectivity index (χ1v) is 17.3. The molecule has 3 amide bonds. The molecular weight excluding hydrogens is 704 g/mol. The Balaban J connectivity index is 1.21. The monoisotopic (exact) mass is 740 g/mol. The maximum atomic E-state index is 14.3. The number of ether oxygens (including phenoxy) is 1. The number of anilines is 1. The number of Topliss-reactive ketones (excluding diaryl/α,β-unsaturated/α-hetero) is 1. The van der Waals surface area contributed by atoms with Gasteiger partial charge in [-0.3, -0.25) is 23.9 Å². The lowest BCUT2D eigenvalue weighted by atomic mass is 9.91. The fourth-order valence-corrected chi connectivity index (χ4v) is 7.30. The van der Waals surface area contributed by atoms with E-state index in [0.29, 0.717) is 52.1 Å². The van der Waals surface area contributed by atoms with Gasteiger partial charge in [0.05, 0.1) is 24.1 Å². The molecule has 1 saturated heterocycles. The van der Waals surface area contributed by atoms with Crippen LogP contribution in [0.4, 0.5) is 5.82 Å². The molecule has 1 aromatic carbocycles. The van der Waals surface area contributed by atoms with Crippen LogP contribution in [0.1, 0.15) is 55.5 Å². The smallest absolute Gasteiger partial charge is 0.248 e. The molecular formula is C36H37BrN8O5. The number of benzene rings is 1. The molecule has 2 N–H and O–H groups in total. The Bertz CT molecular complexity index is 2080. The van der Waals surface area contributed by atoms with Gasteiger partial charge in [-0.2, -0.15) is 5.10 Å². The molecule has 1 spiro atoms. The maximum absolute atomic E-state index is 14.3. The summed E-state index contributed by atoms with van der Waals surface area (Å²) in [7, 11) is 0. The first kappa shape index (κ1) is 33.7. The number of nitrogens with one attached hydrogen (secondary N) is 2. The number of carbonyl (C=O) groups excluding carboxylic acids is 4. The van der Waals surface area contributed by atoms with E-state index in [1.165, 1.54) is 11.6 Å². The van der Waals surface area contributed by atoms with Gasteiger partial charge < -0.3 is 20.3 Å². The van der Waals surface area contributed by atoms with Crippen molar-refractivity contribution in [3.05, 3.63) is 76.6 Å². The second kappa shape index (κ2) is 12.8. The molecule has 5 heterocycles. The Morgan fingerprint density at radius 2 is 1.86 bits per heavy atom. The van der Waals surface area contributed by atoms with Crippen LogP contribution in [0, 0.1) is 17.8 Å². The summed E-state index contributed by atoms with van der Waals surface area (Å²) in [5.74, 6) is -0.0951. The van der Waals surface area contributed by atoms with Crippen LogP contribution in [0.3, 0.4) is 0 Å². The van der Waals surface area contributed by atoms with Crippen molar-refractivity contribution in [3.8, 4) is 11.1 Å². The van der Waals surface area contributed by atoms with E-state index in [1.807, 2.05) is 50.3 Å². The summed E-state index contributed by atoms with van der Waals surface area (Å²) in [6.07, 6.45) is 8.10. The second-order valence-corrected chi connectivity index (χ2v) is 14.7. The molecule has 3 aromatic heterocycles. The van der Waals surface area contributed by atoms with Crippen molar-refractivity contribution in [1.29, 1.82) is 0 Å². The number of amides is 3. The van der Waals surface area contributed by atoms with Crippen LogP contribution in [-0.4, -0.2) is 78.4 Å². The highest BCUT2D eigenvalue weighted by molar-refractivity contribution is 9.10. The number of hydrogen-bond acceptors (Lipinski definition) is 9. The van der Waals surface area contributed by atoms with E-state index in [1.54, 1.807) is 30.3 Å². The van der Waals surface area contributed by atoms with Crippen LogP contribution in [-0.2, 0) is 32.3 Å². The second-order valence-electron chi connectivity index (χ2n) is 13.9. The largest absolute Gasteiger partial charge is 0.373 e. The third-order valence-electron chi connectivity index (χ3n) is 9.87. The standard InChI is InChI=1S/C36H37BrN8O5/c1-20(46)31-25-12-22(24-15-38-21(2)39-16-24)6-8-26(25)44(43-31)17-30(47)45-27-13-36(14-28(36)45)19-40-34(49)35(3,4)10-5-11-50-18-23-7-9-29(37)41-32(23)42-33(27)48/h5-10,12,15-16,27-28H,11,13-14,17-19H2,1-4H3,(H,40,49)(H,41,42,48)/t27-,28+,36-/m0/s1. The number of likely N-dealkylation sites (tertiary alicyclic amines) is 1. The summed E-state index contributed by atoms with van der Waals surface area (Å²) in [5.41, 5.74) is 1.87. The van der Waals surface area contributed by atoms with Crippen LogP contribution in [0.2, 0.25) is 0 Å². The number of fused-ring (bicyclic) bond motifs is 3. The molecule has 1 saturated carbocycles. The normalized spacial score (nSPS) is 23.2. The van der Waals surface area contributed by atoms with Crippen molar-refractivity contribution in [2.45, 2.75) is 65.8 Å². The van der Waals surface area contributed by atoms with Gasteiger partial charge in [-0.25, -0.2) is 15.0 Å². The van der Waals surface area contributed by atoms with Gasteiger partial charge in [0.15, 0.2) is 5.78 Å². The number of pyridine rings is 1. The molecule has 258 valence electrons. The lowest BCUT2D eigenvalue weighted by Gasteiger charge is -2.27. The third-order valence-corrected chi connectivity index (χ3v) is 10.3. The fraction of sp³-hybridized carbons (Fsp3) is 0.389. The van der Waals surface area contributed by atoms with E-state index in [2.05, 4.69) is 46.6 Å². The van der Waals surface area contributed by atoms with Gasteiger partial charge in [-0.1, -0.05) is 24.3 Å². The molecule has 1 aliphatic carbocycles. The van der Waals surface area contributed by atoms with Crippen LogP contribution in [0.15, 0.2) is 59.5 Å². The van der Waals surface area contributed by atoms with E-state index >= 15 is 0 Å². The number of aromatic nitrogens is 5. The first-order valence-electron chi connectivity index (χ1n) is 16.5. The van der Waals surface area contributed by atoms with Gasteiger partial charge >= 0.3 is 0 Å². The quantitative estimate of drug-likeness (QED) is 0.176. The summed E-state index contributed by atoms with van der Waals surface area (Å²) in [6, 6.07) is 8.07. The summed E-state index contributed by atoms with van der Waals surface area (Å²) in [6.45, 7) is 7.50. The highest BCUT2D eigenvalue weighted by Crippen LogP contribution is 2.59.